The molecule has 0 unspecified atom stereocenters. The highest BCUT2D eigenvalue weighted by Crippen LogP contribution is 2.26. The van der Waals surface area contributed by atoms with Crippen LogP contribution in [0.3, 0.4) is 0 Å². The topological polar surface area (TPSA) is 64.0 Å². The summed E-state index contributed by atoms with van der Waals surface area (Å²) in [5.74, 6) is -0.508. The normalized spacial score (nSPS) is 11.6. The Morgan fingerprint density at radius 3 is 2.75 bits per heavy atom. The molecule has 1 aromatic heterocycles. The summed E-state index contributed by atoms with van der Waals surface area (Å²) in [5.41, 5.74) is 1.07. The standard InChI is InChI=1S/C12H13BrFN3O2S/c1-3-10-11(7-17(2)15-10)16-20(18,19)12-5-4-8(14)6-9(12)13/h4-7,16H,3H2,1-2H3. The lowest BCUT2D eigenvalue weighted by molar-refractivity contribution is 0.599. The van der Waals surface area contributed by atoms with Crippen molar-refractivity contribution in [3.63, 3.8) is 0 Å². The minimum atomic E-state index is -3.80. The molecule has 0 saturated heterocycles. The zero-order valence-corrected chi connectivity index (χ0v) is 13.3. The lowest BCUT2D eigenvalue weighted by Gasteiger charge is -2.09. The van der Waals surface area contributed by atoms with Crippen LogP contribution in [-0.4, -0.2) is 18.2 Å². The second kappa shape index (κ2) is 5.53. The van der Waals surface area contributed by atoms with Crippen molar-refractivity contribution in [3.05, 3.63) is 40.4 Å². The molecule has 0 aliphatic carbocycles. The predicted octanol–water partition coefficient (Wildman–Crippen LogP) is 2.68. The van der Waals surface area contributed by atoms with E-state index in [2.05, 4.69) is 25.8 Å². The van der Waals surface area contributed by atoms with Crippen molar-refractivity contribution in [2.75, 3.05) is 4.72 Å². The fraction of sp³-hybridized carbons (Fsp3) is 0.250. The molecular weight excluding hydrogens is 349 g/mol. The number of aryl methyl sites for hydroxylation is 2. The first-order chi connectivity index (χ1) is 9.33. The fourth-order valence-electron chi connectivity index (χ4n) is 1.77. The van der Waals surface area contributed by atoms with E-state index in [9.17, 15) is 12.8 Å². The summed E-state index contributed by atoms with van der Waals surface area (Å²) in [5, 5.41) is 4.16. The second-order valence-electron chi connectivity index (χ2n) is 4.20. The maximum atomic E-state index is 13.0. The molecule has 0 radical (unpaired) electrons. The first-order valence-corrected chi connectivity index (χ1v) is 8.11. The lowest BCUT2D eigenvalue weighted by Crippen LogP contribution is -2.14. The Kier molecular flexibility index (Phi) is 4.14. The predicted molar refractivity (Wildman–Crippen MR) is 77.5 cm³/mol. The number of nitrogens with one attached hydrogen (secondary N) is 1. The third-order valence-corrected chi connectivity index (χ3v) is 5.01. The number of hydrogen-bond acceptors (Lipinski definition) is 3. The Balaban J connectivity index is 2.40. The summed E-state index contributed by atoms with van der Waals surface area (Å²) in [7, 11) is -2.08. The maximum Gasteiger partial charge on any atom is 0.263 e. The molecule has 2 aromatic rings. The van der Waals surface area contributed by atoms with E-state index >= 15 is 0 Å². The number of halogens is 2. The summed E-state index contributed by atoms with van der Waals surface area (Å²) in [6, 6.07) is 3.42. The first-order valence-electron chi connectivity index (χ1n) is 5.84. The molecule has 0 aliphatic heterocycles. The van der Waals surface area contributed by atoms with E-state index in [4.69, 9.17) is 0 Å². The average Bonchev–Trinajstić information content (AvgIpc) is 2.67. The number of aromatic nitrogens is 2. The van der Waals surface area contributed by atoms with Crippen molar-refractivity contribution in [1.82, 2.24) is 9.78 Å². The minimum Gasteiger partial charge on any atom is -0.276 e. The molecule has 0 atom stereocenters. The number of anilines is 1. The van der Waals surface area contributed by atoms with Crippen molar-refractivity contribution < 1.29 is 12.8 Å². The van der Waals surface area contributed by atoms with Gasteiger partial charge in [-0.3, -0.25) is 9.40 Å². The van der Waals surface area contributed by atoms with Crippen LogP contribution in [0.5, 0.6) is 0 Å². The van der Waals surface area contributed by atoms with Crippen LogP contribution in [0, 0.1) is 5.82 Å². The second-order valence-corrected chi connectivity index (χ2v) is 6.70. The smallest absolute Gasteiger partial charge is 0.263 e. The van der Waals surface area contributed by atoms with Gasteiger partial charge in [-0.05, 0) is 40.5 Å². The molecule has 5 nitrogen and oxygen atoms in total. The largest absolute Gasteiger partial charge is 0.276 e. The van der Waals surface area contributed by atoms with Gasteiger partial charge in [0, 0.05) is 17.7 Å². The number of rotatable bonds is 4. The molecule has 1 heterocycles. The van der Waals surface area contributed by atoms with Crippen LogP contribution in [0.4, 0.5) is 10.1 Å². The maximum absolute atomic E-state index is 13.0. The number of benzene rings is 1. The van der Waals surface area contributed by atoms with Crippen LogP contribution >= 0.6 is 15.9 Å². The number of hydrogen-bond donors (Lipinski definition) is 1. The van der Waals surface area contributed by atoms with E-state index in [1.54, 1.807) is 13.2 Å². The summed E-state index contributed by atoms with van der Waals surface area (Å²) in [6.07, 6.45) is 2.19. The van der Waals surface area contributed by atoms with Gasteiger partial charge in [0.15, 0.2) is 0 Å². The summed E-state index contributed by atoms with van der Waals surface area (Å²) >= 11 is 3.06. The van der Waals surface area contributed by atoms with Crippen molar-refractivity contribution >= 4 is 31.6 Å². The molecule has 1 N–H and O–H groups in total. The number of nitrogens with zero attached hydrogens (tertiary/aromatic N) is 2. The Morgan fingerprint density at radius 2 is 2.15 bits per heavy atom. The third-order valence-electron chi connectivity index (χ3n) is 2.67. The first kappa shape index (κ1) is 15.0. The van der Waals surface area contributed by atoms with Crippen LogP contribution in [0.1, 0.15) is 12.6 Å². The van der Waals surface area contributed by atoms with Gasteiger partial charge in [0.05, 0.1) is 11.4 Å². The summed E-state index contributed by atoms with van der Waals surface area (Å²) < 4.78 is 41.8. The van der Waals surface area contributed by atoms with Gasteiger partial charge in [0.1, 0.15) is 10.7 Å². The monoisotopic (exact) mass is 361 g/mol. The highest BCUT2D eigenvalue weighted by Gasteiger charge is 2.20. The molecule has 0 amide bonds. The van der Waals surface area contributed by atoms with Gasteiger partial charge in [0.2, 0.25) is 0 Å². The molecule has 20 heavy (non-hydrogen) atoms. The highest BCUT2D eigenvalue weighted by molar-refractivity contribution is 9.10. The molecular formula is C12H13BrFN3O2S. The van der Waals surface area contributed by atoms with E-state index in [1.165, 1.54) is 10.7 Å². The van der Waals surface area contributed by atoms with Crippen LogP contribution in [-0.2, 0) is 23.5 Å². The summed E-state index contributed by atoms with van der Waals surface area (Å²) in [6.45, 7) is 1.88. The van der Waals surface area contributed by atoms with Gasteiger partial charge in [-0.2, -0.15) is 5.10 Å². The van der Waals surface area contributed by atoms with Gasteiger partial charge in [0.25, 0.3) is 10.0 Å². The summed E-state index contributed by atoms with van der Waals surface area (Å²) in [4.78, 5) is -0.0233. The SMILES string of the molecule is CCc1nn(C)cc1NS(=O)(=O)c1ccc(F)cc1Br. The van der Waals surface area contributed by atoms with Gasteiger partial charge < -0.3 is 0 Å². The Morgan fingerprint density at radius 1 is 1.45 bits per heavy atom. The molecule has 108 valence electrons. The van der Waals surface area contributed by atoms with Crippen LogP contribution in [0.15, 0.2) is 33.8 Å². The van der Waals surface area contributed by atoms with E-state index in [1.807, 2.05) is 6.92 Å². The van der Waals surface area contributed by atoms with E-state index < -0.39 is 15.8 Å². The molecule has 0 fully saturated rings. The average molecular weight is 362 g/mol. The van der Waals surface area contributed by atoms with Crippen LogP contribution < -0.4 is 4.72 Å². The number of sulfonamides is 1. The van der Waals surface area contributed by atoms with Crippen LogP contribution in [0.2, 0.25) is 0 Å². The lowest BCUT2D eigenvalue weighted by atomic mass is 10.3. The van der Waals surface area contributed by atoms with Gasteiger partial charge in [-0.1, -0.05) is 6.92 Å². The molecule has 0 spiro atoms. The zero-order valence-electron chi connectivity index (χ0n) is 10.9. The van der Waals surface area contributed by atoms with E-state index in [0.29, 0.717) is 17.8 Å². The van der Waals surface area contributed by atoms with Gasteiger partial charge in [-0.25, -0.2) is 12.8 Å². The quantitative estimate of drug-likeness (QED) is 0.910. The van der Waals surface area contributed by atoms with Crippen molar-refractivity contribution in [2.45, 2.75) is 18.2 Å². The zero-order chi connectivity index (χ0) is 14.9. The van der Waals surface area contributed by atoms with Gasteiger partial charge in [-0.15, -0.1) is 0 Å². The Hall–Kier alpha value is -1.41. The minimum absolute atomic E-state index is 0.0233. The highest BCUT2D eigenvalue weighted by atomic mass is 79.9. The molecule has 1 aromatic carbocycles. The molecule has 0 saturated carbocycles. The van der Waals surface area contributed by atoms with Crippen molar-refractivity contribution in [1.29, 1.82) is 0 Å². The Bertz CT molecular complexity index is 743. The third kappa shape index (κ3) is 3.01. The molecule has 0 bridgehead atoms. The molecule has 8 heteroatoms. The molecule has 0 aliphatic rings. The molecule has 2 rings (SSSR count). The van der Waals surface area contributed by atoms with Crippen LogP contribution in [0.25, 0.3) is 0 Å². The van der Waals surface area contributed by atoms with Crippen molar-refractivity contribution in [3.8, 4) is 0 Å². The van der Waals surface area contributed by atoms with E-state index in [-0.39, 0.29) is 9.37 Å². The fourth-order valence-corrected chi connectivity index (χ4v) is 3.90. The Labute approximate surface area is 125 Å². The van der Waals surface area contributed by atoms with Gasteiger partial charge >= 0.3 is 0 Å². The van der Waals surface area contributed by atoms with E-state index in [0.717, 1.165) is 12.1 Å². The van der Waals surface area contributed by atoms with Crippen molar-refractivity contribution in [2.24, 2.45) is 7.05 Å².